The van der Waals surface area contributed by atoms with Crippen LogP contribution < -0.4 is 0 Å². The highest BCUT2D eigenvalue weighted by atomic mass is 16.5. The second-order valence-electron chi connectivity index (χ2n) is 4.22. The lowest BCUT2D eigenvalue weighted by molar-refractivity contribution is -0.131. The lowest BCUT2D eigenvalue weighted by atomic mass is 10.2. The SMILES string of the molecule is COCCN(C)C(=O)[C@H]1C[C@H]1c1ccco1. The maximum Gasteiger partial charge on any atom is 0.226 e. The average Bonchev–Trinajstić information content (AvgIpc) is 2.91. The Kier molecular flexibility index (Phi) is 3.29. The first kappa shape index (κ1) is 11.2. The molecule has 1 amide bonds. The van der Waals surface area contributed by atoms with Crippen molar-refractivity contribution in [1.29, 1.82) is 0 Å². The molecule has 0 bridgehead atoms. The van der Waals surface area contributed by atoms with Gasteiger partial charge in [-0.3, -0.25) is 4.79 Å². The lowest BCUT2D eigenvalue weighted by Crippen LogP contribution is -2.31. The van der Waals surface area contributed by atoms with Crippen LogP contribution in [0.25, 0.3) is 0 Å². The predicted molar refractivity (Wildman–Crippen MR) is 59.1 cm³/mol. The molecule has 0 radical (unpaired) electrons. The number of hydrogen-bond donors (Lipinski definition) is 0. The summed E-state index contributed by atoms with van der Waals surface area (Å²) < 4.78 is 10.3. The Labute approximate surface area is 95.2 Å². The van der Waals surface area contributed by atoms with Crippen LogP contribution in [0.1, 0.15) is 18.1 Å². The normalized spacial score (nSPS) is 23.1. The van der Waals surface area contributed by atoms with Gasteiger partial charge in [0.25, 0.3) is 0 Å². The van der Waals surface area contributed by atoms with Crippen molar-refractivity contribution in [2.75, 3.05) is 27.3 Å². The Balaban J connectivity index is 1.84. The number of hydrogen-bond acceptors (Lipinski definition) is 3. The summed E-state index contributed by atoms with van der Waals surface area (Å²) in [4.78, 5) is 13.7. The zero-order valence-electron chi connectivity index (χ0n) is 9.68. The number of amides is 1. The molecular weight excluding hydrogens is 206 g/mol. The molecule has 4 nitrogen and oxygen atoms in total. The van der Waals surface area contributed by atoms with Crippen LogP contribution in [0.15, 0.2) is 22.8 Å². The van der Waals surface area contributed by atoms with Crippen molar-refractivity contribution in [2.24, 2.45) is 5.92 Å². The molecule has 0 aliphatic heterocycles. The van der Waals surface area contributed by atoms with Crippen LogP contribution in [-0.4, -0.2) is 38.1 Å². The molecular formula is C12H17NO3. The van der Waals surface area contributed by atoms with Crippen LogP contribution in [0.2, 0.25) is 0 Å². The van der Waals surface area contributed by atoms with E-state index in [2.05, 4.69) is 0 Å². The Bertz CT molecular complexity index is 347. The molecule has 2 atom stereocenters. The summed E-state index contributed by atoms with van der Waals surface area (Å²) in [5.41, 5.74) is 0. The van der Waals surface area contributed by atoms with E-state index in [0.29, 0.717) is 13.2 Å². The average molecular weight is 223 g/mol. The van der Waals surface area contributed by atoms with Gasteiger partial charge in [-0.2, -0.15) is 0 Å². The summed E-state index contributed by atoms with van der Waals surface area (Å²) in [5.74, 6) is 1.51. The van der Waals surface area contributed by atoms with Crippen molar-refractivity contribution in [1.82, 2.24) is 4.90 Å². The minimum Gasteiger partial charge on any atom is -0.469 e. The summed E-state index contributed by atoms with van der Waals surface area (Å²) in [7, 11) is 3.46. The molecule has 88 valence electrons. The van der Waals surface area contributed by atoms with Gasteiger partial charge in [0.1, 0.15) is 5.76 Å². The van der Waals surface area contributed by atoms with E-state index < -0.39 is 0 Å². The van der Waals surface area contributed by atoms with Crippen LogP contribution >= 0.6 is 0 Å². The number of rotatable bonds is 5. The number of furan rings is 1. The first-order valence-corrected chi connectivity index (χ1v) is 5.51. The Morgan fingerprint density at radius 1 is 1.69 bits per heavy atom. The van der Waals surface area contributed by atoms with Crippen molar-refractivity contribution in [3.63, 3.8) is 0 Å². The lowest BCUT2D eigenvalue weighted by Gasteiger charge is -2.16. The number of ether oxygens (including phenoxy) is 1. The van der Waals surface area contributed by atoms with Crippen molar-refractivity contribution in [3.8, 4) is 0 Å². The van der Waals surface area contributed by atoms with E-state index in [1.165, 1.54) is 0 Å². The van der Waals surface area contributed by atoms with Crippen LogP contribution in [0, 0.1) is 5.92 Å². The number of carbonyl (C=O) groups excluding carboxylic acids is 1. The quantitative estimate of drug-likeness (QED) is 0.759. The van der Waals surface area contributed by atoms with Crippen LogP contribution in [0.5, 0.6) is 0 Å². The van der Waals surface area contributed by atoms with Gasteiger partial charge in [0.15, 0.2) is 0 Å². The number of methoxy groups -OCH3 is 1. The Hall–Kier alpha value is -1.29. The maximum absolute atomic E-state index is 11.9. The highest BCUT2D eigenvalue weighted by molar-refractivity contribution is 5.82. The minimum atomic E-state index is 0.105. The van der Waals surface area contributed by atoms with Gasteiger partial charge in [-0.25, -0.2) is 0 Å². The van der Waals surface area contributed by atoms with Gasteiger partial charge in [0.2, 0.25) is 5.91 Å². The zero-order valence-corrected chi connectivity index (χ0v) is 9.68. The summed E-state index contributed by atoms with van der Waals surface area (Å²) >= 11 is 0. The molecule has 2 rings (SSSR count). The van der Waals surface area contributed by atoms with Gasteiger partial charge in [0, 0.05) is 32.5 Å². The van der Waals surface area contributed by atoms with Crippen LogP contribution in [0.4, 0.5) is 0 Å². The molecule has 1 aromatic rings. The van der Waals surface area contributed by atoms with Crippen LogP contribution in [-0.2, 0) is 9.53 Å². The van der Waals surface area contributed by atoms with E-state index in [1.807, 2.05) is 19.2 Å². The molecule has 0 aromatic carbocycles. The predicted octanol–water partition coefficient (Wildman–Crippen LogP) is 1.49. The summed E-state index contributed by atoms with van der Waals surface area (Å²) in [6, 6.07) is 3.80. The van der Waals surface area contributed by atoms with Gasteiger partial charge in [0.05, 0.1) is 12.9 Å². The molecule has 1 heterocycles. The fourth-order valence-corrected chi connectivity index (χ4v) is 1.91. The molecule has 1 aliphatic rings. The maximum atomic E-state index is 11.9. The van der Waals surface area contributed by atoms with Gasteiger partial charge in [-0.1, -0.05) is 0 Å². The van der Waals surface area contributed by atoms with Crippen LogP contribution in [0.3, 0.4) is 0 Å². The van der Waals surface area contributed by atoms with Crippen molar-refractivity contribution in [3.05, 3.63) is 24.2 Å². The third kappa shape index (κ3) is 2.27. The summed E-state index contributed by atoms with van der Waals surface area (Å²) in [5, 5.41) is 0. The Morgan fingerprint density at radius 2 is 2.50 bits per heavy atom. The molecule has 1 saturated carbocycles. The smallest absolute Gasteiger partial charge is 0.226 e. The number of carbonyl (C=O) groups is 1. The largest absolute Gasteiger partial charge is 0.469 e. The van der Waals surface area contributed by atoms with Gasteiger partial charge < -0.3 is 14.1 Å². The third-order valence-electron chi connectivity index (χ3n) is 3.02. The fourth-order valence-electron chi connectivity index (χ4n) is 1.91. The second-order valence-corrected chi connectivity index (χ2v) is 4.22. The molecule has 0 N–H and O–H groups in total. The molecule has 16 heavy (non-hydrogen) atoms. The molecule has 0 saturated heterocycles. The number of nitrogens with zero attached hydrogens (tertiary/aromatic N) is 1. The van der Waals surface area contributed by atoms with E-state index in [0.717, 1.165) is 12.2 Å². The first-order chi connectivity index (χ1) is 7.74. The summed E-state index contributed by atoms with van der Waals surface area (Å²) in [6.45, 7) is 1.23. The van der Waals surface area contributed by atoms with Crippen molar-refractivity contribution < 1.29 is 13.9 Å². The molecule has 1 aliphatic carbocycles. The first-order valence-electron chi connectivity index (χ1n) is 5.51. The topological polar surface area (TPSA) is 42.7 Å². The van der Waals surface area contributed by atoms with Gasteiger partial charge in [-0.05, 0) is 18.6 Å². The second kappa shape index (κ2) is 4.70. The molecule has 4 heteroatoms. The standard InChI is InChI=1S/C12H17NO3/c1-13(5-7-15-2)12(14)10-8-9(10)11-4-3-6-16-11/h3-4,6,9-10H,5,7-8H2,1-2H3/t9-,10+/m1/s1. The summed E-state index contributed by atoms with van der Waals surface area (Å²) in [6.07, 6.45) is 2.56. The van der Waals surface area contributed by atoms with Crippen molar-refractivity contribution >= 4 is 5.91 Å². The highest BCUT2D eigenvalue weighted by Gasteiger charge is 2.46. The minimum absolute atomic E-state index is 0.105. The molecule has 1 aromatic heterocycles. The van der Waals surface area contributed by atoms with E-state index in [4.69, 9.17) is 9.15 Å². The Morgan fingerprint density at radius 3 is 3.12 bits per heavy atom. The van der Waals surface area contributed by atoms with E-state index in [9.17, 15) is 4.79 Å². The monoisotopic (exact) mass is 223 g/mol. The molecule has 0 spiro atoms. The van der Waals surface area contributed by atoms with E-state index >= 15 is 0 Å². The third-order valence-corrected chi connectivity index (χ3v) is 3.02. The number of likely N-dealkylation sites (N-methyl/N-ethyl adjacent to an activating group) is 1. The van der Waals surface area contributed by atoms with Gasteiger partial charge in [-0.15, -0.1) is 0 Å². The van der Waals surface area contributed by atoms with Gasteiger partial charge >= 0.3 is 0 Å². The van der Waals surface area contributed by atoms with E-state index in [1.54, 1.807) is 18.3 Å². The zero-order chi connectivity index (χ0) is 11.5. The molecule has 0 unspecified atom stereocenters. The van der Waals surface area contributed by atoms with E-state index in [-0.39, 0.29) is 17.7 Å². The van der Waals surface area contributed by atoms with Crippen molar-refractivity contribution in [2.45, 2.75) is 12.3 Å². The highest BCUT2D eigenvalue weighted by Crippen LogP contribution is 2.48. The fraction of sp³-hybridized carbons (Fsp3) is 0.583. The molecule has 1 fully saturated rings.